The van der Waals surface area contributed by atoms with Crippen molar-refractivity contribution >= 4 is 13.7 Å². The molecule has 3 unspecified atom stereocenters. The van der Waals surface area contributed by atoms with Crippen LogP contribution < -0.4 is 10.2 Å². The summed E-state index contributed by atoms with van der Waals surface area (Å²) in [6, 6.07) is -0.924. The number of allylic oxidation sites excluding steroid dienone is 25. The van der Waals surface area contributed by atoms with Crippen LogP contribution in [0.1, 0.15) is 174 Å². The van der Waals surface area contributed by atoms with Crippen molar-refractivity contribution in [3.05, 3.63) is 158 Å². The lowest BCUT2D eigenvalue weighted by molar-refractivity contribution is -0.870. The number of quaternary nitrogens is 1. The summed E-state index contributed by atoms with van der Waals surface area (Å²) in [5.41, 5.74) is 0. The highest BCUT2D eigenvalue weighted by Gasteiger charge is 2.23. The average molecular weight is 1000 g/mol. The zero-order chi connectivity index (χ0) is 52.0. The average Bonchev–Trinajstić information content (AvgIpc) is 3.33. The molecule has 0 aliphatic heterocycles. The number of nitrogens with zero attached hydrogens (tertiary/aromatic N) is 1. The quantitative estimate of drug-likeness (QED) is 0.0272. The third kappa shape index (κ3) is 53.7. The molecule has 3 atom stereocenters. The molecule has 400 valence electrons. The Bertz CT molecular complexity index is 1700. The van der Waals surface area contributed by atoms with Gasteiger partial charge < -0.3 is 28.8 Å². The minimum Gasteiger partial charge on any atom is -0.756 e. The van der Waals surface area contributed by atoms with Crippen molar-refractivity contribution in [2.45, 2.75) is 187 Å². The molecule has 0 rings (SSSR count). The van der Waals surface area contributed by atoms with Gasteiger partial charge >= 0.3 is 0 Å². The Hall–Kier alpha value is -3.88. The van der Waals surface area contributed by atoms with Gasteiger partial charge in [-0.25, -0.2) is 0 Å². The van der Waals surface area contributed by atoms with Gasteiger partial charge in [-0.05, 0) is 116 Å². The second-order valence-corrected chi connectivity index (χ2v) is 20.2. The predicted molar refractivity (Wildman–Crippen MR) is 306 cm³/mol. The van der Waals surface area contributed by atoms with E-state index in [1.54, 1.807) is 6.08 Å². The van der Waals surface area contributed by atoms with Crippen LogP contribution in [0, 0.1) is 0 Å². The van der Waals surface area contributed by atoms with Gasteiger partial charge in [0.2, 0.25) is 5.91 Å². The largest absolute Gasteiger partial charge is 0.756 e. The fourth-order valence-electron chi connectivity index (χ4n) is 6.70. The normalized spacial score (nSPS) is 15.2. The third-order valence-electron chi connectivity index (χ3n) is 11.0. The van der Waals surface area contributed by atoms with Gasteiger partial charge in [0, 0.05) is 6.42 Å². The van der Waals surface area contributed by atoms with E-state index in [-0.39, 0.29) is 12.5 Å². The van der Waals surface area contributed by atoms with Crippen molar-refractivity contribution in [1.82, 2.24) is 5.32 Å². The van der Waals surface area contributed by atoms with E-state index >= 15 is 0 Å². The number of carbonyl (C=O) groups excluding carboxylic acids is 1. The van der Waals surface area contributed by atoms with Crippen molar-refractivity contribution in [3.63, 3.8) is 0 Å². The Kier molecular flexibility index (Phi) is 48.2. The van der Waals surface area contributed by atoms with Gasteiger partial charge in [-0.15, -0.1) is 0 Å². The maximum Gasteiger partial charge on any atom is 0.268 e. The Balaban J connectivity index is 4.18. The van der Waals surface area contributed by atoms with Crippen molar-refractivity contribution < 1.29 is 32.9 Å². The predicted octanol–water partition coefficient (Wildman–Crippen LogP) is 16.1. The fraction of sp³-hybridized carbons (Fsp3) is 0.565. The minimum atomic E-state index is -4.61. The van der Waals surface area contributed by atoms with E-state index in [2.05, 4.69) is 165 Å². The lowest BCUT2D eigenvalue weighted by Crippen LogP contribution is -2.45. The Morgan fingerprint density at radius 1 is 0.507 bits per heavy atom. The number of nitrogens with one attached hydrogen (secondary N) is 1. The summed E-state index contributed by atoms with van der Waals surface area (Å²) in [4.78, 5) is 25.3. The summed E-state index contributed by atoms with van der Waals surface area (Å²) in [6.45, 7) is 4.42. The van der Waals surface area contributed by atoms with Gasteiger partial charge in [-0.1, -0.05) is 210 Å². The highest BCUT2D eigenvalue weighted by Crippen LogP contribution is 2.38. The van der Waals surface area contributed by atoms with Crippen LogP contribution in [-0.2, 0) is 18.4 Å². The maximum absolute atomic E-state index is 12.9. The van der Waals surface area contributed by atoms with Gasteiger partial charge in [0.15, 0.2) is 0 Å². The van der Waals surface area contributed by atoms with Crippen molar-refractivity contribution in [2.24, 2.45) is 0 Å². The number of hydrogen-bond donors (Lipinski definition) is 2. The van der Waals surface area contributed by atoms with Gasteiger partial charge in [0.1, 0.15) is 13.2 Å². The standard InChI is InChI=1S/C62H101N2O6P/c1-6-8-10-12-14-16-18-19-20-21-22-23-24-25-26-27-28-29-30-31-32-33-34-35-36-37-38-39-40-41-42-43-44-45-46-48-50-52-54-56-62(66)63-60(59-70-71(67,68)69-58-57-64(3,4)5)61(65)55-53-51-49-47-17-15-13-11-9-7-2/h8,10,14,16-17,19-20,22-23,25-26,28-29,31-32,34-35,37-38,40-41,43-44,47,53,55,60-61,65H,6-7,9,11-13,15,18,21,24,27,30,33,36,39,42,45-46,48-52,54,56-59H2,1-5H3,(H-,63,66,67,68)/b10-8-,16-14-,20-19-,23-22-,26-25-,29-28-,32-31-,35-34-,38-37-,41-40-,44-43-,47-17+,55-53+. The van der Waals surface area contributed by atoms with Crippen LogP contribution in [0.4, 0.5) is 0 Å². The molecule has 0 radical (unpaired) electrons. The van der Waals surface area contributed by atoms with E-state index in [0.717, 1.165) is 128 Å². The molecular formula is C62H101N2O6P. The first-order chi connectivity index (χ1) is 34.5. The van der Waals surface area contributed by atoms with E-state index in [0.29, 0.717) is 17.4 Å². The van der Waals surface area contributed by atoms with Crippen LogP contribution in [0.5, 0.6) is 0 Å². The van der Waals surface area contributed by atoms with E-state index in [4.69, 9.17) is 9.05 Å². The molecular weight excluding hydrogens is 900 g/mol. The number of phosphoric acid groups is 1. The molecule has 9 heteroatoms. The Labute approximate surface area is 435 Å². The van der Waals surface area contributed by atoms with E-state index < -0.39 is 26.6 Å². The summed E-state index contributed by atoms with van der Waals surface area (Å²) in [5.74, 6) is -0.237. The molecule has 0 bridgehead atoms. The molecule has 2 N–H and O–H groups in total. The first-order valence-corrected chi connectivity index (χ1v) is 28.8. The molecule has 0 aromatic heterocycles. The molecule has 0 aliphatic rings. The van der Waals surface area contributed by atoms with E-state index in [9.17, 15) is 19.4 Å². The van der Waals surface area contributed by atoms with Crippen LogP contribution in [0.3, 0.4) is 0 Å². The number of carbonyl (C=O) groups is 1. The minimum absolute atomic E-state index is 0.0195. The third-order valence-corrected chi connectivity index (χ3v) is 11.9. The number of hydrogen-bond acceptors (Lipinski definition) is 6. The first kappa shape index (κ1) is 67.1. The summed E-state index contributed by atoms with van der Waals surface area (Å²) in [6.07, 6.45) is 80.5. The molecule has 0 aliphatic carbocycles. The number of rotatable bonds is 47. The Morgan fingerprint density at radius 3 is 1.31 bits per heavy atom. The van der Waals surface area contributed by atoms with Crippen LogP contribution in [-0.4, -0.2) is 68.5 Å². The molecule has 0 fully saturated rings. The zero-order valence-corrected chi connectivity index (χ0v) is 46.2. The van der Waals surface area contributed by atoms with Crippen molar-refractivity contribution in [1.29, 1.82) is 0 Å². The maximum atomic E-state index is 12.9. The number of amides is 1. The van der Waals surface area contributed by atoms with Crippen LogP contribution in [0.2, 0.25) is 0 Å². The molecule has 1 amide bonds. The van der Waals surface area contributed by atoms with E-state index in [1.807, 2.05) is 27.2 Å². The number of aliphatic hydroxyl groups excluding tert-OH is 1. The number of likely N-dealkylation sites (N-methyl/N-ethyl adjacent to an activating group) is 1. The smallest absolute Gasteiger partial charge is 0.268 e. The topological polar surface area (TPSA) is 108 Å². The van der Waals surface area contributed by atoms with Gasteiger partial charge in [-0.3, -0.25) is 9.36 Å². The summed E-state index contributed by atoms with van der Waals surface area (Å²) < 4.78 is 23.2. The second kappa shape index (κ2) is 51.0. The molecule has 0 saturated carbocycles. The molecule has 0 spiro atoms. The van der Waals surface area contributed by atoms with Crippen LogP contribution >= 0.6 is 7.82 Å². The zero-order valence-electron chi connectivity index (χ0n) is 45.3. The highest BCUT2D eigenvalue weighted by molar-refractivity contribution is 7.45. The van der Waals surface area contributed by atoms with Gasteiger partial charge in [0.25, 0.3) is 7.82 Å². The van der Waals surface area contributed by atoms with Gasteiger partial charge in [0.05, 0.1) is 39.9 Å². The summed E-state index contributed by atoms with van der Waals surface area (Å²) in [5, 5.41) is 13.7. The SMILES string of the molecule is CC/C=C\C/C=C\C/C=C\C/C=C\C/C=C\C/C=C\C/C=C\C/C=C\C/C=C\C/C=C\C/C=C\CCCCCCCC(=O)NC(COP(=O)([O-])OCC[N+](C)(C)C)C(O)/C=C/CC/C=C/CCCCCC. The lowest BCUT2D eigenvalue weighted by atomic mass is 10.1. The number of aliphatic hydroxyl groups is 1. The highest BCUT2D eigenvalue weighted by atomic mass is 31.2. The lowest BCUT2D eigenvalue weighted by Gasteiger charge is -2.29. The van der Waals surface area contributed by atoms with Gasteiger partial charge in [-0.2, -0.15) is 0 Å². The second-order valence-electron chi connectivity index (χ2n) is 18.8. The molecule has 0 aromatic rings. The van der Waals surface area contributed by atoms with Crippen molar-refractivity contribution in [3.8, 4) is 0 Å². The fourth-order valence-corrected chi connectivity index (χ4v) is 7.42. The molecule has 71 heavy (non-hydrogen) atoms. The van der Waals surface area contributed by atoms with E-state index in [1.165, 1.54) is 25.7 Å². The monoisotopic (exact) mass is 1000 g/mol. The van der Waals surface area contributed by atoms with Crippen LogP contribution in [0.25, 0.3) is 0 Å². The number of unbranched alkanes of at least 4 members (excludes halogenated alkanes) is 10. The van der Waals surface area contributed by atoms with Crippen molar-refractivity contribution in [2.75, 3.05) is 40.9 Å². The Morgan fingerprint density at radius 2 is 0.873 bits per heavy atom. The first-order valence-electron chi connectivity index (χ1n) is 27.3. The van der Waals surface area contributed by atoms with Crippen LogP contribution in [0.15, 0.2) is 158 Å². The number of phosphoric ester groups is 1. The molecule has 0 heterocycles. The molecule has 8 nitrogen and oxygen atoms in total. The summed E-state index contributed by atoms with van der Waals surface area (Å²) >= 11 is 0. The molecule has 0 saturated heterocycles. The molecule has 0 aromatic carbocycles. The summed E-state index contributed by atoms with van der Waals surface area (Å²) in [7, 11) is 1.20.